The maximum Gasteiger partial charge on any atom is 0.336 e. The van der Waals surface area contributed by atoms with Crippen molar-refractivity contribution >= 4 is 46.9 Å². The van der Waals surface area contributed by atoms with E-state index in [4.69, 9.17) is 14.6 Å². The highest BCUT2D eigenvalue weighted by atomic mass is 32.2. The smallest absolute Gasteiger partial charge is 0.336 e. The molecule has 1 unspecified atom stereocenters. The van der Waals surface area contributed by atoms with Crippen LogP contribution in [0.1, 0.15) is 41.9 Å². The summed E-state index contributed by atoms with van der Waals surface area (Å²) in [5.74, 6) is -2.48. The van der Waals surface area contributed by atoms with Gasteiger partial charge in [-0.2, -0.15) is 0 Å². The number of carbonyl (C=O) groups is 4. The number of anilines is 2. The lowest BCUT2D eigenvalue weighted by Crippen LogP contribution is -2.20. The van der Waals surface area contributed by atoms with Crippen molar-refractivity contribution in [3.63, 3.8) is 0 Å². The summed E-state index contributed by atoms with van der Waals surface area (Å²) in [4.78, 5) is 49.9. The van der Waals surface area contributed by atoms with Crippen molar-refractivity contribution in [2.45, 2.75) is 10.1 Å². The zero-order valence-electron chi connectivity index (χ0n) is 21.9. The quantitative estimate of drug-likeness (QED) is 0.185. The van der Waals surface area contributed by atoms with Crippen LogP contribution in [0.5, 0.6) is 11.5 Å². The predicted octanol–water partition coefficient (Wildman–Crippen LogP) is 5.58. The molecule has 0 aromatic heterocycles. The summed E-state index contributed by atoms with van der Waals surface area (Å²) in [7, 11) is 0. The Morgan fingerprint density at radius 2 is 1.38 bits per heavy atom. The molecule has 10 nitrogen and oxygen atoms in total. The fourth-order valence-corrected chi connectivity index (χ4v) is 5.26. The van der Waals surface area contributed by atoms with Gasteiger partial charge in [0.25, 0.3) is 5.91 Å². The number of aromatic carboxylic acids is 2. The first kappa shape index (κ1) is 28.2. The third kappa shape index (κ3) is 6.53. The molecule has 0 aliphatic carbocycles. The molecule has 1 atom stereocenters. The van der Waals surface area contributed by atoms with Gasteiger partial charge in [0.05, 0.1) is 16.7 Å². The molecular formula is C31H24N2O8S. The number of ether oxygens (including phenoxy) is 2. The molecular weight excluding hydrogens is 560 g/mol. The minimum atomic E-state index is -1.42. The average molecular weight is 585 g/mol. The predicted molar refractivity (Wildman–Crippen MR) is 156 cm³/mol. The first-order valence-electron chi connectivity index (χ1n) is 12.7. The van der Waals surface area contributed by atoms with E-state index in [1.807, 2.05) is 30.3 Å². The van der Waals surface area contributed by atoms with Crippen LogP contribution in [-0.2, 0) is 4.79 Å². The lowest BCUT2D eigenvalue weighted by Gasteiger charge is -2.20. The number of nitrogens with one attached hydrogen (secondary N) is 2. The lowest BCUT2D eigenvalue weighted by atomic mass is 10.0. The molecule has 212 valence electrons. The maximum atomic E-state index is 13.5. The highest BCUT2D eigenvalue weighted by Crippen LogP contribution is 2.38. The maximum absolute atomic E-state index is 13.5. The number of rotatable bonds is 9. The van der Waals surface area contributed by atoms with Gasteiger partial charge in [-0.3, -0.25) is 9.59 Å². The number of amides is 2. The fraction of sp³-hybridized carbons (Fsp3) is 0.0968. The first-order valence-corrected chi connectivity index (χ1v) is 13.6. The Hall–Kier alpha value is -5.29. The van der Waals surface area contributed by atoms with Gasteiger partial charge < -0.3 is 30.3 Å². The zero-order valence-corrected chi connectivity index (χ0v) is 22.7. The van der Waals surface area contributed by atoms with Crippen molar-refractivity contribution in [3.05, 3.63) is 113 Å². The number of hydrogen-bond donors (Lipinski definition) is 4. The average Bonchev–Trinajstić information content (AvgIpc) is 3.00. The molecule has 0 saturated heterocycles. The number of thioether (sulfide) groups is 1. The summed E-state index contributed by atoms with van der Waals surface area (Å²) < 4.78 is 11.2. The van der Waals surface area contributed by atoms with Crippen LogP contribution in [0.4, 0.5) is 11.4 Å². The first-order chi connectivity index (χ1) is 20.3. The van der Waals surface area contributed by atoms with E-state index in [0.717, 1.165) is 22.6 Å². The molecule has 1 heterocycles. The number of hydrogen-bond acceptors (Lipinski definition) is 7. The third-order valence-electron chi connectivity index (χ3n) is 6.26. The minimum Gasteiger partial charge on any atom is -0.486 e. The van der Waals surface area contributed by atoms with Crippen LogP contribution in [0, 0.1) is 0 Å². The third-order valence-corrected chi connectivity index (χ3v) is 7.52. The molecule has 11 heteroatoms. The Labute approximate surface area is 244 Å². The topological polar surface area (TPSA) is 151 Å². The van der Waals surface area contributed by atoms with Gasteiger partial charge in [-0.05, 0) is 60.2 Å². The Bertz CT molecular complexity index is 1660. The van der Waals surface area contributed by atoms with Crippen molar-refractivity contribution in [1.29, 1.82) is 0 Å². The molecule has 5 rings (SSSR count). The van der Waals surface area contributed by atoms with Crippen LogP contribution in [0.3, 0.4) is 0 Å². The second-order valence-electron chi connectivity index (χ2n) is 9.11. The summed E-state index contributed by atoms with van der Waals surface area (Å²) >= 11 is 1.32. The molecule has 0 bridgehead atoms. The Kier molecular flexibility index (Phi) is 8.39. The monoisotopic (exact) mass is 584 g/mol. The van der Waals surface area contributed by atoms with E-state index >= 15 is 0 Å². The molecule has 4 aromatic carbocycles. The van der Waals surface area contributed by atoms with Gasteiger partial charge in [0.2, 0.25) is 5.91 Å². The lowest BCUT2D eigenvalue weighted by molar-refractivity contribution is -0.115. The normalized spacial score (nSPS) is 12.6. The fourth-order valence-electron chi connectivity index (χ4n) is 4.23. The summed E-state index contributed by atoms with van der Waals surface area (Å²) in [6.45, 7) is 0.901. The molecule has 1 aliphatic heterocycles. The van der Waals surface area contributed by atoms with Crippen molar-refractivity contribution < 1.29 is 38.9 Å². The van der Waals surface area contributed by atoms with Crippen molar-refractivity contribution in [1.82, 2.24) is 0 Å². The van der Waals surface area contributed by atoms with E-state index in [1.165, 1.54) is 17.8 Å². The van der Waals surface area contributed by atoms with Crippen LogP contribution in [0.2, 0.25) is 0 Å². The molecule has 0 spiro atoms. The van der Waals surface area contributed by atoms with Crippen LogP contribution >= 0.6 is 11.8 Å². The molecule has 1 aliphatic rings. The SMILES string of the molecule is O=C(O)c1ccc(C(=O)Nc2ccc(SC(C(=O)Nc3ccc4c(c3)OCCO4)c3ccccc3)cc2)c(C(=O)O)c1. The van der Waals surface area contributed by atoms with Gasteiger partial charge in [0, 0.05) is 22.3 Å². The summed E-state index contributed by atoms with van der Waals surface area (Å²) in [6, 6.07) is 24.5. The molecule has 0 radical (unpaired) electrons. The van der Waals surface area contributed by atoms with Gasteiger partial charge in [-0.1, -0.05) is 30.3 Å². The van der Waals surface area contributed by atoms with Gasteiger partial charge in [-0.15, -0.1) is 11.8 Å². The Balaban J connectivity index is 1.31. The molecule has 0 fully saturated rings. The number of carbonyl (C=O) groups excluding carboxylic acids is 2. The number of carboxylic acid groups (broad SMARTS) is 2. The van der Waals surface area contributed by atoms with E-state index in [9.17, 15) is 24.3 Å². The second kappa shape index (κ2) is 12.5. The van der Waals surface area contributed by atoms with Crippen molar-refractivity contribution in [3.8, 4) is 11.5 Å². The van der Waals surface area contributed by atoms with Crippen LogP contribution in [0.15, 0.2) is 95.9 Å². The zero-order chi connectivity index (χ0) is 29.6. The summed E-state index contributed by atoms with van der Waals surface area (Å²) in [5, 5.41) is 23.6. The number of benzene rings is 4. The van der Waals surface area contributed by atoms with Crippen LogP contribution in [0.25, 0.3) is 0 Å². The van der Waals surface area contributed by atoms with Crippen LogP contribution in [-0.4, -0.2) is 47.2 Å². The van der Waals surface area contributed by atoms with Gasteiger partial charge >= 0.3 is 11.9 Å². The van der Waals surface area contributed by atoms with Crippen molar-refractivity contribution in [2.75, 3.05) is 23.8 Å². The van der Waals surface area contributed by atoms with Gasteiger partial charge in [0.1, 0.15) is 18.5 Å². The van der Waals surface area contributed by atoms with E-state index in [1.54, 1.807) is 42.5 Å². The number of fused-ring (bicyclic) bond motifs is 1. The number of carboxylic acids is 2. The largest absolute Gasteiger partial charge is 0.486 e. The second-order valence-corrected chi connectivity index (χ2v) is 10.3. The van der Waals surface area contributed by atoms with Gasteiger partial charge in [-0.25, -0.2) is 9.59 Å². The summed E-state index contributed by atoms with van der Waals surface area (Å²) in [6.07, 6.45) is 0. The summed E-state index contributed by atoms with van der Waals surface area (Å²) in [5.41, 5.74) is 0.915. The van der Waals surface area contributed by atoms with Crippen molar-refractivity contribution in [2.24, 2.45) is 0 Å². The molecule has 4 N–H and O–H groups in total. The Morgan fingerprint density at radius 1 is 0.690 bits per heavy atom. The standard InChI is InChI=1S/C31H24N2O8S/c34-28(23-12-6-19(30(36)37)16-24(23)31(38)39)32-20-7-10-22(11-8-20)42-27(18-4-2-1-3-5-18)29(35)33-21-9-13-25-26(17-21)41-15-14-40-25/h1-13,16-17,27H,14-15H2,(H,32,34)(H,33,35)(H,36,37)(H,38,39). The van der Waals surface area contributed by atoms with E-state index < -0.39 is 28.7 Å². The van der Waals surface area contributed by atoms with Crippen LogP contribution < -0.4 is 20.1 Å². The van der Waals surface area contributed by atoms with E-state index in [2.05, 4.69) is 10.6 Å². The molecule has 4 aromatic rings. The van der Waals surface area contributed by atoms with E-state index in [0.29, 0.717) is 36.1 Å². The van der Waals surface area contributed by atoms with E-state index in [-0.39, 0.29) is 17.0 Å². The highest BCUT2D eigenvalue weighted by molar-refractivity contribution is 8.00. The molecule has 0 saturated carbocycles. The Morgan fingerprint density at radius 3 is 2.07 bits per heavy atom. The highest BCUT2D eigenvalue weighted by Gasteiger charge is 2.24. The molecule has 2 amide bonds. The molecule has 42 heavy (non-hydrogen) atoms. The minimum absolute atomic E-state index is 0.175. The van der Waals surface area contributed by atoms with Gasteiger partial charge in [0.15, 0.2) is 11.5 Å².